The van der Waals surface area contributed by atoms with Crippen LogP contribution in [0, 0.1) is 0 Å². The smallest absolute Gasteiger partial charge is 0 e. The van der Waals surface area contributed by atoms with E-state index in [2.05, 4.69) is 0 Å². The first kappa shape index (κ1) is 350. The molecule has 12 N–H and O–H groups in total. The van der Waals surface area contributed by atoms with E-state index < -0.39 is 0 Å². The van der Waals surface area contributed by atoms with Crippen molar-refractivity contribution in [1.29, 1.82) is 0 Å². The van der Waals surface area contributed by atoms with E-state index in [4.69, 9.17) is 0 Å². The molecule has 0 saturated carbocycles. The van der Waals surface area contributed by atoms with Gasteiger partial charge in [-0.1, -0.05) is 0 Å². The van der Waals surface area contributed by atoms with Crippen molar-refractivity contribution in [1.82, 2.24) is 0 Å². The number of hydrogen-bond donors (Lipinski definition) is 0. The van der Waals surface area contributed by atoms with E-state index in [9.17, 15) is 0 Å². The van der Waals surface area contributed by atoms with E-state index in [0.29, 0.717) is 0 Å². The molecule has 0 aliphatic rings. The minimum Gasteiger partial charge on any atom is -0.412 e. The molecule has 0 saturated heterocycles. The minimum atomic E-state index is 0. The van der Waals surface area contributed by atoms with Crippen LogP contribution in [0.3, 0.4) is 0 Å². The van der Waals surface area contributed by atoms with Gasteiger partial charge in [-0.3, -0.25) is 0 Å². The van der Waals surface area contributed by atoms with Gasteiger partial charge in [0.1, 0.15) is 0 Å². The van der Waals surface area contributed by atoms with E-state index in [1.807, 2.05) is 0 Å². The third-order valence-corrected chi connectivity index (χ3v) is 0. The van der Waals surface area contributed by atoms with E-state index >= 15 is 0 Å². The molecule has 6 nitrogen and oxygen atoms in total. The predicted octanol–water partition coefficient (Wildman–Crippen LogP) is -5.22. The maximum Gasteiger partial charge on any atom is 0 e. The Morgan fingerprint density at radius 1 is 0.375 bits per heavy atom. The molecule has 0 aliphatic heterocycles. The summed E-state index contributed by atoms with van der Waals surface area (Å²) < 4.78 is 0. The summed E-state index contributed by atoms with van der Waals surface area (Å²) in [6.07, 6.45) is 0. The van der Waals surface area contributed by atoms with E-state index in [1.54, 1.807) is 0 Å². The molecular weight excluding hydrogens is 168 g/mol. The minimum absolute atomic E-state index is 0. The van der Waals surface area contributed by atoms with Crippen LogP contribution in [0.2, 0.25) is 0 Å². The molecule has 0 unspecified atom stereocenters. The van der Waals surface area contributed by atoms with Crippen LogP contribution in [0.15, 0.2) is 0 Å². The molecule has 0 spiro atoms. The van der Waals surface area contributed by atoms with Gasteiger partial charge in [0.05, 0.1) is 0 Å². The molecule has 0 aromatic carbocycles. The first-order valence-corrected chi connectivity index (χ1v) is 0. The summed E-state index contributed by atoms with van der Waals surface area (Å²) in [5.74, 6) is 0. The molecule has 0 rings (SSSR count). The molecule has 2 radical (unpaired) electrons. The van der Waals surface area contributed by atoms with Crippen molar-refractivity contribution in [2.45, 2.75) is 0 Å². The fraction of sp³-hybridized carbons (Fsp3) is 0. The normalized spacial score (nSPS) is 0. The average molecular weight is 182 g/mol. The Hall–Kier alpha value is 1.37. The fourth-order valence-electron chi connectivity index (χ4n) is 0. The number of hydrogen-bond acceptors (Lipinski definition) is 0. The molecule has 0 heterocycles. The SMILES string of the molecule is O.O.O.O.O.O.S.[Ca]. The standard InChI is InChI=1S/Ca.6H2O.H2S/h;7*1H2. The summed E-state index contributed by atoms with van der Waals surface area (Å²) in [7, 11) is 0. The molecule has 8 heteroatoms. The quantitative estimate of drug-likeness (QED) is 0.324. The second-order valence-electron chi connectivity index (χ2n) is 0. The molecule has 0 bridgehead atoms. The summed E-state index contributed by atoms with van der Waals surface area (Å²) in [5, 5.41) is 0. The van der Waals surface area contributed by atoms with Crippen LogP contribution in [-0.4, -0.2) is 70.6 Å². The van der Waals surface area contributed by atoms with Crippen molar-refractivity contribution in [3.63, 3.8) is 0 Å². The molecule has 0 aromatic heterocycles. The van der Waals surface area contributed by atoms with Crippen LogP contribution in [-0.2, 0) is 0 Å². The zero-order valence-corrected chi connectivity index (χ0v) is 7.42. The zero-order chi connectivity index (χ0) is 0. The largest absolute Gasteiger partial charge is 0.412 e. The van der Waals surface area contributed by atoms with Crippen molar-refractivity contribution < 1.29 is 32.9 Å². The Morgan fingerprint density at radius 3 is 0.375 bits per heavy atom. The number of rotatable bonds is 0. The summed E-state index contributed by atoms with van der Waals surface area (Å²) in [6.45, 7) is 0. The molecule has 0 atom stereocenters. The topological polar surface area (TPSA) is 189 Å². The van der Waals surface area contributed by atoms with Gasteiger partial charge in [0.2, 0.25) is 0 Å². The first-order valence-electron chi connectivity index (χ1n) is 0. The fourth-order valence-corrected chi connectivity index (χ4v) is 0. The van der Waals surface area contributed by atoms with Crippen LogP contribution in [0.5, 0.6) is 0 Å². The van der Waals surface area contributed by atoms with E-state index in [-0.39, 0.29) is 84.1 Å². The summed E-state index contributed by atoms with van der Waals surface area (Å²) in [5.41, 5.74) is 0. The monoisotopic (exact) mass is 182 g/mol. The van der Waals surface area contributed by atoms with Crippen LogP contribution in [0.4, 0.5) is 0 Å². The Balaban J connectivity index is 0. The van der Waals surface area contributed by atoms with Crippen LogP contribution < -0.4 is 0 Å². The van der Waals surface area contributed by atoms with Gasteiger partial charge in [-0.2, -0.15) is 13.5 Å². The third kappa shape index (κ3) is 159. The molecule has 0 amide bonds. The van der Waals surface area contributed by atoms with Gasteiger partial charge < -0.3 is 32.9 Å². The van der Waals surface area contributed by atoms with Crippen molar-refractivity contribution in [3.8, 4) is 0 Å². The molecule has 0 fully saturated rings. The van der Waals surface area contributed by atoms with Crippen LogP contribution >= 0.6 is 13.5 Å². The van der Waals surface area contributed by atoms with Crippen LogP contribution in [0.25, 0.3) is 0 Å². The van der Waals surface area contributed by atoms with Gasteiger partial charge in [0.25, 0.3) is 0 Å². The Bertz CT molecular complexity index is 8.49. The van der Waals surface area contributed by atoms with Gasteiger partial charge >= 0.3 is 0 Å². The molecule has 0 aromatic rings. The van der Waals surface area contributed by atoms with Crippen LogP contribution in [0.1, 0.15) is 0 Å². The third-order valence-electron chi connectivity index (χ3n) is 0. The Kier molecular flexibility index (Phi) is 10600. The van der Waals surface area contributed by atoms with Crippen molar-refractivity contribution in [2.75, 3.05) is 0 Å². The average Bonchev–Trinajstić information content (AvgIpc) is 0. The summed E-state index contributed by atoms with van der Waals surface area (Å²) in [6, 6.07) is 0. The van der Waals surface area contributed by atoms with Gasteiger partial charge in [-0.25, -0.2) is 0 Å². The van der Waals surface area contributed by atoms with Crippen molar-refractivity contribution in [2.24, 2.45) is 0 Å². The Morgan fingerprint density at radius 2 is 0.375 bits per heavy atom. The second-order valence-corrected chi connectivity index (χ2v) is 0. The predicted molar refractivity (Wildman–Crippen MR) is 37.8 cm³/mol. The molecule has 8 heavy (non-hydrogen) atoms. The maximum atomic E-state index is 0. The molecular formula is H14CaO6S. The van der Waals surface area contributed by atoms with Crippen molar-refractivity contribution in [3.05, 3.63) is 0 Å². The van der Waals surface area contributed by atoms with Gasteiger partial charge in [-0.15, -0.1) is 0 Å². The van der Waals surface area contributed by atoms with E-state index in [0.717, 1.165) is 0 Å². The van der Waals surface area contributed by atoms with Gasteiger partial charge in [0.15, 0.2) is 0 Å². The second kappa shape index (κ2) is 242. The van der Waals surface area contributed by atoms with Gasteiger partial charge in [-0.05, 0) is 0 Å². The Labute approximate surface area is 83.6 Å². The molecule has 0 aliphatic carbocycles. The maximum absolute atomic E-state index is 0. The zero-order valence-electron chi connectivity index (χ0n) is 4.21. The summed E-state index contributed by atoms with van der Waals surface area (Å²) in [4.78, 5) is 0. The first-order chi connectivity index (χ1) is 0. The van der Waals surface area contributed by atoms with Gasteiger partial charge in [0, 0.05) is 37.7 Å². The van der Waals surface area contributed by atoms with Crippen molar-refractivity contribution >= 4 is 51.2 Å². The molecule has 58 valence electrons. The summed E-state index contributed by atoms with van der Waals surface area (Å²) >= 11 is 0. The van der Waals surface area contributed by atoms with E-state index in [1.165, 1.54) is 0 Å².